The molecule has 0 saturated heterocycles. The van der Waals surface area contributed by atoms with E-state index >= 15 is 0 Å². The monoisotopic (exact) mass is 238 g/mol. The van der Waals surface area contributed by atoms with Crippen molar-refractivity contribution in [2.45, 2.75) is 13.5 Å². The maximum atomic E-state index is 4.28. The summed E-state index contributed by atoms with van der Waals surface area (Å²) in [4.78, 5) is 4.28. The van der Waals surface area contributed by atoms with E-state index in [0.29, 0.717) is 0 Å². The zero-order valence-corrected chi connectivity index (χ0v) is 10.1. The first-order valence-corrected chi connectivity index (χ1v) is 5.90. The number of rotatable bonds is 3. The minimum atomic E-state index is 0.771. The van der Waals surface area contributed by atoms with Crippen LogP contribution in [0.4, 0.5) is 5.69 Å². The van der Waals surface area contributed by atoms with E-state index in [-0.39, 0.29) is 0 Å². The lowest BCUT2D eigenvalue weighted by molar-refractivity contribution is 1.08. The molecule has 2 heterocycles. The molecule has 0 saturated carbocycles. The van der Waals surface area contributed by atoms with Gasteiger partial charge in [-0.05, 0) is 36.8 Å². The molecule has 4 nitrogen and oxygen atoms in total. The lowest BCUT2D eigenvalue weighted by Gasteiger charge is -2.06. The van der Waals surface area contributed by atoms with E-state index in [1.165, 1.54) is 5.56 Å². The van der Waals surface area contributed by atoms with Gasteiger partial charge in [0.1, 0.15) is 0 Å². The molecule has 0 aliphatic heterocycles. The minimum absolute atomic E-state index is 0.771. The van der Waals surface area contributed by atoms with Gasteiger partial charge in [0.2, 0.25) is 0 Å². The van der Waals surface area contributed by atoms with E-state index in [9.17, 15) is 0 Å². The molecule has 1 aromatic carbocycles. The van der Waals surface area contributed by atoms with Crippen LogP contribution in [0.3, 0.4) is 0 Å². The summed E-state index contributed by atoms with van der Waals surface area (Å²) in [5.41, 5.74) is 4.33. The number of nitrogens with zero attached hydrogens (tertiary/aromatic N) is 2. The molecule has 3 aromatic rings. The molecule has 0 spiro atoms. The maximum absolute atomic E-state index is 4.28. The van der Waals surface area contributed by atoms with Crippen LogP contribution < -0.4 is 5.32 Å². The van der Waals surface area contributed by atoms with Crippen molar-refractivity contribution in [1.82, 2.24) is 15.2 Å². The van der Waals surface area contributed by atoms with Crippen LogP contribution in [0.2, 0.25) is 0 Å². The van der Waals surface area contributed by atoms with Gasteiger partial charge in [-0.25, -0.2) is 0 Å². The number of aromatic nitrogens is 3. The largest absolute Gasteiger partial charge is 0.381 e. The summed E-state index contributed by atoms with van der Waals surface area (Å²) in [5, 5.41) is 11.5. The van der Waals surface area contributed by atoms with Gasteiger partial charge in [0.25, 0.3) is 0 Å². The average Bonchev–Trinajstić information content (AvgIpc) is 2.85. The van der Waals surface area contributed by atoms with Crippen LogP contribution in [0.15, 0.2) is 42.7 Å². The lowest BCUT2D eigenvalue weighted by atomic mass is 10.2. The van der Waals surface area contributed by atoms with Crippen molar-refractivity contribution in [1.29, 1.82) is 0 Å². The highest BCUT2D eigenvalue weighted by Gasteiger charge is 1.98. The predicted molar refractivity (Wildman–Crippen MR) is 72.4 cm³/mol. The van der Waals surface area contributed by atoms with Crippen molar-refractivity contribution in [3.05, 3.63) is 54.0 Å². The SMILES string of the molecule is Cc1ccc(CNc2ccc3cn[nH]c3c2)cn1. The van der Waals surface area contributed by atoms with Gasteiger partial charge >= 0.3 is 0 Å². The molecule has 0 aliphatic carbocycles. The van der Waals surface area contributed by atoms with Crippen LogP contribution >= 0.6 is 0 Å². The third kappa shape index (κ3) is 2.18. The summed E-state index contributed by atoms with van der Waals surface area (Å²) in [6, 6.07) is 10.3. The van der Waals surface area contributed by atoms with Crippen molar-refractivity contribution in [3.8, 4) is 0 Å². The van der Waals surface area contributed by atoms with Gasteiger partial charge in [0.05, 0.1) is 11.7 Å². The Labute approximate surface area is 105 Å². The van der Waals surface area contributed by atoms with Crippen molar-refractivity contribution < 1.29 is 0 Å². The van der Waals surface area contributed by atoms with Gasteiger partial charge in [-0.15, -0.1) is 0 Å². The van der Waals surface area contributed by atoms with Crippen LogP contribution in [0.25, 0.3) is 10.9 Å². The number of hydrogen-bond donors (Lipinski definition) is 2. The Morgan fingerprint density at radius 1 is 1.17 bits per heavy atom. The molecule has 0 fully saturated rings. The van der Waals surface area contributed by atoms with E-state index in [1.807, 2.05) is 25.4 Å². The molecule has 18 heavy (non-hydrogen) atoms. The molecule has 0 atom stereocenters. The zero-order chi connectivity index (χ0) is 12.4. The minimum Gasteiger partial charge on any atom is -0.381 e. The Hall–Kier alpha value is -2.36. The fourth-order valence-electron chi connectivity index (χ4n) is 1.85. The smallest absolute Gasteiger partial charge is 0.0670 e. The van der Waals surface area contributed by atoms with E-state index in [0.717, 1.165) is 28.8 Å². The molecular weight excluding hydrogens is 224 g/mol. The second-order valence-corrected chi connectivity index (χ2v) is 4.33. The molecule has 0 aliphatic rings. The Morgan fingerprint density at radius 3 is 2.94 bits per heavy atom. The molecule has 90 valence electrons. The summed E-state index contributed by atoms with van der Waals surface area (Å²) in [5.74, 6) is 0. The highest BCUT2D eigenvalue weighted by molar-refractivity contribution is 5.81. The van der Waals surface area contributed by atoms with Gasteiger partial charge in [0.15, 0.2) is 0 Å². The number of aryl methyl sites for hydroxylation is 1. The van der Waals surface area contributed by atoms with E-state index in [2.05, 4.69) is 44.8 Å². The predicted octanol–water partition coefficient (Wildman–Crippen LogP) is 2.88. The quantitative estimate of drug-likeness (QED) is 0.737. The molecule has 2 aromatic heterocycles. The molecule has 0 bridgehead atoms. The standard InChI is InChI=1S/C14H14N4/c1-10-2-3-11(7-15-10)8-16-13-5-4-12-9-17-18-14(12)6-13/h2-7,9,16H,8H2,1H3,(H,17,18). The number of fused-ring (bicyclic) bond motifs is 1. The number of aromatic amines is 1. The van der Waals surface area contributed by atoms with Crippen LogP contribution in [0.5, 0.6) is 0 Å². The summed E-state index contributed by atoms with van der Waals surface area (Å²) < 4.78 is 0. The number of nitrogens with one attached hydrogen (secondary N) is 2. The molecule has 0 unspecified atom stereocenters. The Bertz CT molecular complexity index is 655. The molecule has 0 amide bonds. The first-order chi connectivity index (χ1) is 8.81. The summed E-state index contributed by atoms with van der Waals surface area (Å²) in [6.45, 7) is 2.76. The van der Waals surface area contributed by atoms with Gasteiger partial charge < -0.3 is 5.32 Å². The molecule has 2 N–H and O–H groups in total. The van der Waals surface area contributed by atoms with Crippen molar-refractivity contribution in [2.75, 3.05) is 5.32 Å². The second-order valence-electron chi connectivity index (χ2n) is 4.33. The van der Waals surface area contributed by atoms with Crippen LogP contribution in [-0.4, -0.2) is 15.2 Å². The van der Waals surface area contributed by atoms with E-state index in [1.54, 1.807) is 0 Å². The Morgan fingerprint density at radius 2 is 2.11 bits per heavy atom. The van der Waals surface area contributed by atoms with Crippen molar-refractivity contribution in [3.63, 3.8) is 0 Å². The van der Waals surface area contributed by atoms with E-state index in [4.69, 9.17) is 0 Å². The Kier molecular flexibility index (Phi) is 2.68. The molecular formula is C14H14N4. The topological polar surface area (TPSA) is 53.6 Å². The fraction of sp³-hybridized carbons (Fsp3) is 0.143. The van der Waals surface area contributed by atoms with Crippen molar-refractivity contribution in [2.24, 2.45) is 0 Å². The van der Waals surface area contributed by atoms with E-state index < -0.39 is 0 Å². The molecule has 4 heteroatoms. The fourth-order valence-corrected chi connectivity index (χ4v) is 1.85. The van der Waals surface area contributed by atoms with Crippen LogP contribution in [0, 0.1) is 6.92 Å². The zero-order valence-electron chi connectivity index (χ0n) is 10.1. The van der Waals surface area contributed by atoms with Crippen LogP contribution in [0.1, 0.15) is 11.3 Å². The summed E-state index contributed by atoms with van der Waals surface area (Å²) in [6.07, 6.45) is 3.72. The third-order valence-corrected chi connectivity index (χ3v) is 2.91. The summed E-state index contributed by atoms with van der Waals surface area (Å²) >= 11 is 0. The van der Waals surface area contributed by atoms with Gasteiger partial charge in [-0.2, -0.15) is 5.10 Å². The third-order valence-electron chi connectivity index (χ3n) is 2.91. The number of benzene rings is 1. The number of H-pyrrole nitrogens is 1. The molecule has 0 radical (unpaired) electrons. The average molecular weight is 238 g/mol. The number of hydrogen-bond acceptors (Lipinski definition) is 3. The van der Waals surface area contributed by atoms with Crippen molar-refractivity contribution >= 4 is 16.6 Å². The van der Waals surface area contributed by atoms with Gasteiger partial charge in [0, 0.05) is 29.5 Å². The molecule has 3 rings (SSSR count). The number of anilines is 1. The number of pyridine rings is 1. The first kappa shape index (κ1) is 10.8. The maximum Gasteiger partial charge on any atom is 0.0670 e. The van der Waals surface area contributed by atoms with Crippen LogP contribution in [-0.2, 0) is 6.54 Å². The Balaban J connectivity index is 1.74. The second kappa shape index (κ2) is 4.49. The van der Waals surface area contributed by atoms with Gasteiger partial charge in [-0.3, -0.25) is 10.1 Å². The highest BCUT2D eigenvalue weighted by atomic mass is 15.1. The normalized spacial score (nSPS) is 10.7. The first-order valence-electron chi connectivity index (χ1n) is 5.90. The summed E-state index contributed by atoms with van der Waals surface area (Å²) in [7, 11) is 0. The highest BCUT2D eigenvalue weighted by Crippen LogP contribution is 2.17. The lowest BCUT2D eigenvalue weighted by Crippen LogP contribution is -1.99. The van der Waals surface area contributed by atoms with Gasteiger partial charge in [-0.1, -0.05) is 6.07 Å².